The highest BCUT2D eigenvalue weighted by molar-refractivity contribution is 6.05. The second-order valence-corrected chi connectivity index (χ2v) is 7.12. The van der Waals surface area contributed by atoms with E-state index < -0.39 is 0 Å². The summed E-state index contributed by atoms with van der Waals surface area (Å²) >= 11 is 0. The van der Waals surface area contributed by atoms with Crippen molar-refractivity contribution >= 4 is 16.7 Å². The average Bonchev–Trinajstić information content (AvgIpc) is 2.71. The minimum atomic E-state index is -0.101. The Hall–Kier alpha value is -2.95. The number of nitrogens with zero attached hydrogens (tertiary/aromatic N) is 2. The zero-order valence-electron chi connectivity index (χ0n) is 15.4. The number of hydrogen-bond donors (Lipinski definition) is 1. The molecule has 1 saturated carbocycles. The van der Waals surface area contributed by atoms with Crippen LogP contribution in [0, 0.1) is 6.92 Å². The third kappa shape index (κ3) is 4.08. The Labute approximate surface area is 158 Å². The van der Waals surface area contributed by atoms with Crippen LogP contribution in [-0.4, -0.2) is 28.0 Å². The van der Waals surface area contributed by atoms with Crippen LogP contribution in [0.1, 0.15) is 41.7 Å². The van der Waals surface area contributed by atoms with Gasteiger partial charge in [0.15, 0.2) is 0 Å². The summed E-state index contributed by atoms with van der Waals surface area (Å²) in [6.07, 6.45) is 7.27. The molecule has 0 aliphatic heterocycles. The molecule has 0 unspecified atom stereocenters. The average molecular weight is 361 g/mol. The lowest BCUT2D eigenvalue weighted by Gasteiger charge is -2.29. The van der Waals surface area contributed by atoms with Crippen LogP contribution in [0.2, 0.25) is 0 Å². The molecule has 138 valence electrons. The highest BCUT2D eigenvalue weighted by Crippen LogP contribution is 2.24. The van der Waals surface area contributed by atoms with Crippen molar-refractivity contribution in [3.05, 3.63) is 66.1 Å². The van der Waals surface area contributed by atoms with Gasteiger partial charge in [-0.3, -0.25) is 9.78 Å². The molecule has 5 nitrogen and oxygen atoms in total. The Morgan fingerprint density at radius 2 is 1.85 bits per heavy atom. The van der Waals surface area contributed by atoms with E-state index in [9.17, 15) is 4.79 Å². The number of carbonyl (C=O) groups is 1. The fourth-order valence-corrected chi connectivity index (χ4v) is 3.57. The Morgan fingerprint density at radius 3 is 2.63 bits per heavy atom. The molecule has 0 bridgehead atoms. The van der Waals surface area contributed by atoms with Gasteiger partial charge in [0.25, 0.3) is 5.91 Å². The minimum Gasteiger partial charge on any atom is -0.474 e. The van der Waals surface area contributed by atoms with Gasteiger partial charge in [-0.2, -0.15) is 0 Å². The highest BCUT2D eigenvalue weighted by atomic mass is 16.5. The van der Waals surface area contributed by atoms with Crippen LogP contribution in [0.3, 0.4) is 0 Å². The van der Waals surface area contributed by atoms with Gasteiger partial charge in [-0.1, -0.05) is 30.3 Å². The smallest absolute Gasteiger partial charge is 0.270 e. The molecule has 0 spiro atoms. The third-order valence-electron chi connectivity index (χ3n) is 5.07. The number of hydrogen-bond acceptors (Lipinski definition) is 4. The van der Waals surface area contributed by atoms with E-state index in [0.29, 0.717) is 11.6 Å². The number of fused-ring (bicyclic) bond motifs is 1. The van der Waals surface area contributed by atoms with Crippen molar-refractivity contribution in [2.24, 2.45) is 0 Å². The maximum atomic E-state index is 12.7. The molecule has 0 saturated heterocycles. The second kappa shape index (κ2) is 7.74. The molecule has 3 aromatic rings. The molecule has 1 amide bonds. The summed E-state index contributed by atoms with van der Waals surface area (Å²) in [6, 6.07) is 13.8. The van der Waals surface area contributed by atoms with E-state index >= 15 is 0 Å². The van der Waals surface area contributed by atoms with Crippen molar-refractivity contribution in [3.63, 3.8) is 0 Å². The lowest BCUT2D eigenvalue weighted by molar-refractivity contribution is 0.0887. The van der Waals surface area contributed by atoms with Crippen LogP contribution in [0.15, 0.2) is 54.9 Å². The number of amides is 1. The molecule has 5 heteroatoms. The molecule has 2 heterocycles. The summed E-state index contributed by atoms with van der Waals surface area (Å²) in [5.74, 6) is 0.574. The number of nitrogens with one attached hydrogen (secondary N) is 1. The molecular weight excluding hydrogens is 338 g/mol. The normalized spacial score (nSPS) is 19.6. The molecule has 0 radical (unpaired) electrons. The number of aromatic nitrogens is 2. The first-order chi connectivity index (χ1) is 13.2. The fourth-order valence-electron chi connectivity index (χ4n) is 3.57. The Bertz CT molecular complexity index is 926. The van der Waals surface area contributed by atoms with E-state index in [0.717, 1.165) is 42.0 Å². The van der Waals surface area contributed by atoms with E-state index in [1.807, 2.05) is 55.6 Å². The maximum Gasteiger partial charge on any atom is 0.270 e. The molecule has 0 atom stereocenters. The summed E-state index contributed by atoms with van der Waals surface area (Å²) in [6.45, 7) is 2.01. The topological polar surface area (TPSA) is 64.1 Å². The second-order valence-electron chi connectivity index (χ2n) is 7.12. The van der Waals surface area contributed by atoms with Gasteiger partial charge in [-0.15, -0.1) is 0 Å². The SMILES string of the molecule is Cc1ccc(OC2CCC(NC(=O)c3nccc4ccccc34)CC2)nc1. The van der Waals surface area contributed by atoms with Gasteiger partial charge in [0.05, 0.1) is 0 Å². The molecule has 1 N–H and O–H groups in total. The van der Waals surface area contributed by atoms with Gasteiger partial charge in [-0.25, -0.2) is 4.98 Å². The summed E-state index contributed by atoms with van der Waals surface area (Å²) in [5, 5.41) is 5.06. The van der Waals surface area contributed by atoms with E-state index in [1.54, 1.807) is 6.20 Å². The zero-order chi connectivity index (χ0) is 18.6. The molecule has 1 aliphatic carbocycles. The fraction of sp³-hybridized carbons (Fsp3) is 0.318. The standard InChI is InChI=1S/C22H23N3O2/c1-15-6-11-20(24-14-15)27-18-9-7-17(8-10-18)25-22(26)21-19-5-3-2-4-16(19)12-13-23-21/h2-6,11-14,17-18H,7-10H2,1H3,(H,25,26). The molecule has 27 heavy (non-hydrogen) atoms. The summed E-state index contributed by atoms with van der Waals surface area (Å²) < 4.78 is 5.97. The lowest BCUT2D eigenvalue weighted by atomic mass is 9.92. The number of ether oxygens (including phenoxy) is 1. The predicted octanol–water partition coefficient (Wildman–Crippen LogP) is 4.06. The van der Waals surface area contributed by atoms with E-state index in [4.69, 9.17) is 4.74 Å². The van der Waals surface area contributed by atoms with Crippen LogP contribution < -0.4 is 10.1 Å². The van der Waals surface area contributed by atoms with Crippen LogP contribution in [0.4, 0.5) is 0 Å². The minimum absolute atomic E-state index is 0.101. The number of carbonyl (C=O) groups excluding carboxylic acids is 1. The number of pyridine rings is 2. The Kier molecular flexibility index (Phi) is 5.01. The van der Waals surface area contributed by atoms with Gasteiger partial charge in [-0.05, 0) is 49.6 Å². The molecule has 2 aromatic heterocycles. The molecule has 1 aromatic carbocycles. The number of benzene rings is 1. The monoisotopic (exact) mass is 361 g/mol. The van der Waals surface area contributed by atoms with Crippen LogP contribution in [0.25, 0.3) is 10.8 Å². The van der Waals surface area contributed by atoms with Crippen LogP contribution >= 0.6 is 0 Å². The highest BCUT2D eigenvalue weighted by Gasteiger charge is 2.25. The van der Waals surface area contributed by atoms with Gasteiger partial charge in [0.1, 0.15) is 11.8 Å². The third-order valence-corrected chi connectivity index (χ3v) is 5.07. The quantitative estimate of drug-likeness (QED) is 0.761. The molecule has 4 rings (SSSR count). The van der Waals surface area contributed by atoms with Gasteiger partial charge < -0.3 is 10.1 Å². The summed E-state index contributed by atoms with van der Waals surface area (Å²) in [5.41, 5.74) is 1.62. The van der Waals surface area contributed by atoms with Crippen LogP contribution in [-0.2, 0) is 0 Å². The van der Waals surface area contributed by atoms with Gasteiger partial charge >= 0.3 is 0 Å². The Morgan fingerprint density at radius 1 is 1.04 bits per heavy atom. The Balaban J connectivity index is 1.34. The zero-order valence-corrected chi connectivity index (χ0v) is 15.4. The van der Waals surface area contributed by atoms with Crippen molar-refractivity contribution in [3.8, 4) is 5.88 Å². The van der Waals surface area contributed by atoms with E-state index in [2.05, 4.69) is 15.3 Å². The first kappa shape index (κ1) is 17.5. The van der Waals surface area contributed by atoms with Crippen molar-refractivity contribution in [2.75, 3.05) is 0 Å². The predicted molar refractivity (Wildman–Crippen MR) is 105 cm³/mol. The van der Waals surface area contributed by atoms with Crippen molar-refractivity contribution in [1.82, 2.24) is 15.3 Å². The molecule has 1 fully saturated rings. The van der Waals surface area contributed by atoms with Gasteiger partial charge in [0, 0.05) is 29.9 Å². The first-order valence-electron chi connectivity index (χ1n) is 9.43. The molecule has 1 aliphatic rings. The summed E-state index contributed by atoms with van der Waals surface area (Å²) in [7, 11) is 0. The van der Waals surface area contributed by atoms with Gasteiger partial charge in [0.2, 0.25) is 5.88 Å². The first-order valence-corrected chi connectivity index (χ1v) is 9.43. The number of aryl methyl sites for hydroxylation is 1. The van der Waals surface area contributed by atoms with E-state index in [1.165, 1.54) is 0 Å². The van der Waals surface area contributed by atoms with Crippen molar-refractivity contribution in [2.45, 2.75) is 44.8 Å². The number of rotatable bonds is 4. The van der Waals surface area contributed by atoms with Crippen LogP contribution in [0.5, 0.6) is 5.88 Å². The largest absolute Gasteiger partial charge is 0.474 e. The molecular formula is C22H23N3O2. The summed E-state index contributed by atoms with van der Waals surface area (Å²) in [4.78, 5) is 21.3. The van der Waals surface area contributed by atoms with E-state index in [-0.39, 0.29) is 18.1 Å². The lowest BCUT2D eigenvalue weighted by Crippen LogP contribution is -2.40. The van der Waals surface area contributed by atoms with Crippen molar-refractivity contribution in [1.29, 1.82) is 0 Å². The van der Waals surface area contributed by atoms with Crippen molar-refractivity contribution < 1.29 is 9.53 Å². The maximum absolute atomic E-state index is 12.7.